The van der Waals surface area contributed by atoms with Crippen molar-refractivity contribution in [2.45, 2.75) is 38.5 Å². The number of ether oxygens (including phenoxy) is 2. The van der Waals surface area contributed by atoms with Gasteiger partial charge in [-0.3, -0.25) is 4.79 Å². The SMILES string of the molecule is CC(CO)OCC(C)OC(=O)C(N)Cc1cnc[nH]1. The number of aromatic amines is 1. The number of carbonyl (C=O) groups is 1. The van der Waals surface area contributed by atoms with E-state index in [1.165, 1.54) is 6.33 Å². The third kappa shape index (κ3) is 5.82. The van der Waals surface area contributed by atoms with Gasteiger partial charge in [0.1, 0.15) is 12.1 Å². The van der Waals surface area contributed by atoms with E-state index in [-0.39, 0.29) is 19.3 Å². The van der Waals surface area contributed by atoms with Crippen LogP contribution in [-0.2, 0) is 20.7 Å². The van der Waals surface area contributed by atoms with Gasteiger partial charge in [-0.15, -0.1) is 0 Å². The largest absolute Gasteiger partial charge is 0.459 e. The van der Waals surface area contributed by atoms with Crippen LogP contribution in [-0.4, -0.2) is 52.5 Å². The van der Waals surface area contributed by atoms with E-state index in [1.54, 1.807) is 20.0 Å². The summed E-state index contributed by atoms with van der Waals surface area (Å²) >= 11 is 0. The predicted molar refractivity (Wildman–Crippen MR) is 68.3 cm³/mol. The molecule has 7 nitrogen and oxygen atoms in total. The van der Waals surface area contributed by atoms with E-state index in [1.807, 2.05) is 0 Å². The van der Waals surface area contributed by atoms with Crippen molar-refractivity contribution < 1.29 is 19.4 Å². The first-order chi connectivity index (χ1) is 9.02. The monoisotopic (exact) mass is 271 g/mol. The molecule has 1 rings (SSSR count). The van der Waals surface area contributed by atoms with Crippen LogP contribution in [0.4, 0.5) is 0 Å². The van der Waals surface area contributed by atoms with E-state index in [0.717, 1.165) is 5.69 Å². The molecule has 0 saturated carbocycles. The molecule has 4 N–H and O–H groups in total. The summed E-state index contributed by atoms with van der Waals surface area (Å²) in [6.45, 7) is 3.60. The number of nitrogens with zero attached hydrogens (tertiary/aromatic N) is 1. The molecule has 0 bridgehead atoms. The summed E-state index contributed by atoms with van der Waals surface area (Å²) in [4.78, 5) is 18.4. The van der Waals surface area contributed by atoms with Crippen molar-refractivity contribution in [3.8, 4) is 0 Å². The third-order valence-corrected chi connectivity index (χ3v) is 2.49. The zero-order valence-electron chi connectivity index (χ0n) is 11.2. The molecule has 0 fully saturated rings. The summed E-state index contributed by atoms with van der Waals surface area (Å²) in [6, 6.07) is -0.738. The Morgan fingerprint density at radius 1 is 1.53 bits per heavy atom. The maximum atomic E-state index is 11.7. The number of aromatic nitrogens is 2. The van der Waals surface area contributed by atoms with Gasteiger partial charge in [0.2, 0.25) is 0 Å². The number of H-pyrrole nitrogens is 1. The standard InChI is InChI=1S/C12H21N3O4/c1-8(5-16)18-6-9(2)19-12(17)11(13)3-10-4-14-7-15-10/h4,7-9,11,16H,3,5-6,13H2,1-2H3,(H,14,15). The Morgan fingerprint density at radius 3 is 2.84 bits per heavy atom. The van der Waals surface area contributed by atoms with Gasteiger partial charge in [0, 0.05) is 18.3 Å². The van der Waals surface area contributed by atoms with Crippen molar-refractivity contribution in [3.63, 3.8) is 0 Å². The van der Waals surface area contributed by atoms with Crippen LogP contribution in [0.5, 0.6) is 0 Å². The van der Waals surface area contributed by atoms with Gasteiger partial charge in [-0.2, -0.15) is 0 Å². The highest BCUT2D eigenvalue weighted by atomic mass is 16.6. The highest BCUT2D eigenvalue weighted by Crippen LogP contribution is 2.02. The summed E-state index contributed by atoms with van der Waals surface area (Å²) < 4.78 is 10.4. The van der Waals surface area contributed by atoms with E-state index >= 15 is 0 Å². The first kappa shape index (κ1) is 15.6. The highest BCUT2D eigenvalue weighted by molar-refractivity contribution is 5.75. The Morgan fingerprint density at radius 2 is 2.26 bits per heavy atom. The minimum absolute atomic E-state index is 0.0694. The van der Waals surface area contributed by atoms with Gasteiger partial charge in [-0.25, -0.2) is 4.98 Å². The van der Waals surface area contributed by atoms with Crippen LogP contribution < -0.4 is 5.73 Å². The number of hydrogen-bond donors (Lipinski definition) is 3. The Balaban J connectivity index is 2.29. The topological polar surface area (TPSA) is 110 Å². The smallest absolute Gasteiger partial charge is 0.323 e. The third-order valence-electron chi connectivity index (χ3n) is 2.49. The molecule has 3 atom stereocenters. The van der Waals surface area contributed by atoms with Gasteiger partial charge in [0.25, 0.3) is 0 Å². The van der Waals surface area contributed by atoms with E-state index in [2.05, 4.69) is 9.97 Å². The molecule has 19 heavy (non-hydrogen) atoms. The molecule has 3 unspecified atom stereocenters. The normalized spacial score (nSPS) is 15.8. The summed E-state index contributed by atoms with van der Waals surface area (Å²) in [5.41, 5.74) is 6.52. The number of esters is 1. The molecular weight excluding hydrogens is 250 g/mol. The van der Waals surface area contributed by atoms with Crippen LogP contribution in [0.25, 0.3) is 0 Å². The van der Waals surface area contributed by atoms with Gasteiger partial charge in [-0.05, 0) is 13.8 Å². The van der Waals surface area contributed by atoms with Crippen LogP contribution in [0.15, 0.2) is 12.5 Å². The molecule has 1 heterocycles. The second-order valence-electron chi connectivity index (χ2n) is 4.46. The fourth-order valence-electron chi connectivity index (χ4n) is 1.39. The Kier molecular flexibility index (Phi) is 6.48. The lowest BCUT2D eigenvalue weighted by Gasteiger charge is -2.18. The lowest BCUT2D eigenvalue weighted by atomic mass is 10.2. The Hall–Kier alpha value is -1.44. The molecule has 1 aromatic heterocycles. The van der Waals surface area contributed by atoms with Crippen molar-refractivity contribution in [2.24, 2.45) is 5.73 Å². The minimum Gasteiger partial charge on any atom is -0.459 e. The van der Waals surface area contributed by atoms with Crippen LogP contribution in [0.3, 0.4) is 0 Å². The van der Waals surface area contributed by atoms with Crippen LogP contribution in [0.2, 0.25) is 0 Å². The number of rotatable bonds is 8. The first-order valence-corrected chi connectivity index (χ1v) is 6.18. The lowest BCUT2D eigenvalue weighted by Crippen LogP contribution is -2.37. The number of imidazole rings is 1. The van der Waals surface area contributed by atoms with Gasteiger partial charge < -0.3 is 25.3 Å². The molecule has 0 saturated heterocycles. The van der Waals surface area contributed by atoms with Crippen molar-refractivity contribution in [1.82, 2.24) is 9.97 Å². The molecule has 0 radical (unpaired) electrons. The van der Waals surface area contributed by atoms with Crippen LogP contribution in [0.1, 0.15) is 19.5 Å². The fraction of sp³-hybridized carbons (Fsp3) is 0.667. The number of aliphatic hydroxyl groups is 1. The molecule has 0 aromatic carbocycles. The fourth-order valence-corrected chi connectivity index (χ4v) is 1.39. The van der Waals surface area contributed by atoms with E-state index in [9.17, 15) is 4.79 Å². The maximum Gasteiger partial charge on any atom is 0.323 e. The van der Waals surface area contributed by atoms with E-state index in [0.29, 0.717) is 6.42 Å². The molecule has 108 valence electrons. The van der Waals surface area contributed by atoms with Gasteiger partial charge in [0.15, 0.2) is 0 Å². The van der Waals surface area contributed by atoms with Gasteiger partial charge >= 0.3 is 5.97 Å². The van der Waals surface area contributed by atoms with Gasteiger partial charge in [-0.1, -0.05) is 0 Å². The molecule has 0 spiro atoms. The average molecular weight is 271 g/mol. The maximum absolute atomic E-state index is 11.7. The summed E-state index contributed by atoms with van der Waals surface area (Å²) in [7, 11) is 0. The van der Waals surface area contributed by atoms with Crippen LogP contribution in [0, 0.1) is 0 Å². The zero-order chi connectivity index (χ0) is 14.3. The summed E-state index contributed by atoms with van der Waals surface area (Å²) in [6.07, 6.45) is 2.80. The number of carbonyl (C=O) groups excluding carboxylic acids is 1. The van der Waals surface area contributed by atoms with Crippen molar-refractivity contribution in [2.75, 3.05) is 13.2 Å². The van der Waals surface area contributed by atoms with Gasteiger partial charge in [0.05, 0.1) is 25.6 Å². The number of aliphatic hydroxyl groups excluding tert-OH is 1. The molecule has 0 aliphatic rings. The zero-order valence-corrected chi connectivity index (χ0v) is 11.2. The molecule has 0 amide bonds. The molecule has 7 heteroatoms. The molecular formula is C12H21N3O4. The van der Waals surface area contributed by atoms with Crippen molar-refractivity contribution in [3.05, 3.63) is 18.2 Å². The molecule has 0 aliphatic heterocycles. The number of hydrogen-bond acceptors (Lipinski definition) is 6. The van der Waals surface area contributed by atoms with E-state index in [4.69, 9.17) is 20.3 Å². The van der Waals surface area contributed by atoms with Crippen LogP contribution >= 0.6 is 0 Å². The van der Waals surface area contributed by atoms with Crippen molar-refractivity contribution in [1.29, 1.82) is 0 Å². The number of nitrogens with two attached hydrogens (primary N) is 1. The Labute approximate surface area is 112 Å². The van der Waals surface area contributed by atoms with E-state index < -0.39 is 18.1 Å². The minimum atomic E-state index is -0.738. The highest BCUT2D eigenvalue weighted by Gasteiger charge is 2.19. The summed E-state index contributed by atoms with van der Waals surface area (Å²) in [5.74, 6) is -0.484. The molecule has 0 aliphatic carbocycles. The quantitative estimate of drug-likeness (QED) is 0.555. The predicted octanol–water partition coefficient (Wildman–Crippen LogP) is -0.391. The first-order valence-electron chi connectivity index (χ1n) is 6.18. The second kappa shape index (κ2) is 7.88. The lowest BCUT2D eigenvalue weighted by molar-refractivity contribution is -0.153. The van der Waals surface area contributed by atoms with Crippen molar-refractivity contribution >= 4 is 5.97 Å². The summed E-state index contributed by atoms with van der Waals surface area (Å²) in [5, 5.41) is 8.80. The second-order valence-corrected chi connectivity index (χ2v) is 4.46. The average Bonchev–Trinajstić information content (AvgIpc) is 2.88. The number of nitrogens with one attached hydrogen (secondary N) is 1. The molecule has 1 aromatic rings. The Bertz CT molecular complexity index is 369.